The predicted octanol–water partition coefficient (Wildman–Crippen LogP) is 5.03. The van der Waals surface area contributed by atoms with Crippen molar-refractivity contribution in [3.05, 3.63) is 0 Å². The van der Waals surface area contributed by atoms with E-state index in [1.54, 1.807) is 0 Å². The molecule has 0 aliphatic heterocycles. The van der Waals surface area contributed by atoms with Crippen molar-refractivity contribution in [2.75, 3.05) is 6.61 Å². The normalized spacial score (nSPS) is 26.5. The molecular weight excluding hydrogens is 220 g/mol. The lowest BCUT2D eigenvalue weighted by molar-refractivity contribution is 0.161. The lowest BCUT2D eigenvalue weighted by Crippen LogP contribution is -2.17. The summed E-state index contributed by atoms with van der Waals surface area (Å²) in [5.74, 6) is 3.36. The summed E-state index contributed by atoms with van der Waals surface area (Å²) >= 11 is 0. The Labute approximate surface area is 114 Å². The molecule has 1 nitrogen and oxygen atoms in total. The molecule has 1 aliphatic rings. The fourth-order valence-electron chi connectivity index (χ4n) is 3.24. The Morgan fingerprint density at radius 2 is 1.50 bits per heavy atom. The summed E-state index contributed by atoms with van der Waals surface area (Å²) in [6, 6.07) is 0. The van der Waals surface area contributed by atoms with Gasteiger partial charge in [0.2, 0.25) is 0 Å². The van der Waals surface area contributed by atoms with Gasteiger partial charge in [0.25, 0.3) is 0 Å². The zero-order chi connectivity index (χ0) is 13.4. The van der Waals surface area contributed by atoms with Crippen molar-refractivity contribution in [2.24, 2.45) is 23.7 Å². The van der Waals surface area contributed by atoms with Gasteiger partial charge in [0, 0.05) is 6.61 Å². The molecule has 1 saturated carbocycles. The monoisotopic (exact) mass is 254 g/mol. The van der Waals surface area contributed by atoms with Crippen molar-refractivity contribution in [1.29, 1.82) is 0 Å². The van der Waals surface area contributed by atoms with E-state index < -0.39 is 0 Å². The molecule has 0 spiro atoms. The lowest BCUT2D eigenvalue weighted by Gasteiger charge is -2.28. The molecule has 0 amide bonds. The first kappa shape index (κ1) is 16.0. The maximum Gasteiger partial charge on any atom is 0.0459 e. The highest BCUT2D eigenvalue weighted by Crippen LogP contribution is 2.32. The van der Waals surface area contributed by atoms with Crippen molar-refractivity contribution in [3.63, 3.8) is 0 Å². The molecule has 1 heteroatoms. The molecule has 108 valence electrons. The van der Waals surface area contributed by atoms with Crippen molar-refractivity contribution in [2.45, 2.75) is 78.6 Å². The third-order valence-corrected chi connectivity index (χ3v) is 4.77. The highest BCUT2D eigenvalue weighted by Gasteiger charge is 2.20. The smallest absolute Gasteiger partial charge is 0.0459 e. The van der Waals surface area contributed by atoms with Gasteiger partial charge in [-0.3, -0.25) is 0 Å². The Kier molecular flexibility index (Phi) is 7.97. The molecule has 0 aromatic rings. The summed E-state index contributed by atoms with van der Waals surface area (Å²) in [5, 5.41) is 9.14. The molecule has 1 unspecified atom stereocenters. The van der Waals surface area contributed by atoms with E-state index >= 15 is 0 Å². The molecule has 0 aromatic heterocycles. The van der Waals surface area contributed by atoms with Crippen molar-refractivity contribution >= 4 is 0 Å². The number of aliphatic hydroxyl groups is 1. The molecule has 1 rings (SSSR count). The van der Waals surface area contributed by atoms with Crippen LogP contribution in [0.3, 0.4) is 0 Å². The zero-order valence-corrected chi connectivity index (χ0v) is 12.8. The van der Waals surface area contributed by atoms with Gasteiger partial charge >= 0.3 is 0 Å². The summed E-state index contributed by atoms with van der Waals surface area (Å²) < 4.78 is 0. The van der Waals surface area contributed by atoms with Gasteiger partial charge in [-0.15, -0.1) is 0 Å². The second-order valence-electron chi connectivity index (χ2n) is 7.08. The maximum absolute atomic E-state index is 9.14. The highest BCUT2D eigenvalue weighted by molar-refractivity contribution is 4.72. The molecule has 0 aromatic carbocycles. The molecule has 18 heavy (non-hydrogen) atoms. The Hall–Kier alpha value is -0.0400. The van der Waals surface area contributed by atoms with Crippen LogP contribution >= 0.6 is 0 Å². The minimum absolute atomic E-state index is 0.415. The molecule has 1 aliphatic carbocycles. The van der Waals surface area contributed by atoms with Gasteiger partial charge in [0.15, 0.2) is 0 Å². The van der Waals surface area contributed by atoms with Gasteiger partial charge in [0.05, 0.1) is 0 Å². The van der Waals surface area contributed by atoms with E-state index in [2.05, 4.69) is 20.8 Å². The quantitative estimate of drug-likeness (QED) is 0.644. The van der Waals surface area contributed by atoms with Crippen LogP contribution in [0.25, 0.3) is 0 Å². The molecule has 0 heterocycles. The average molecular weight is 254 g/mol. The standard InChI is InChI=1S/C17H34O/c1-14(2)5-4-6-15(3)7-8-16-9-11-17(13-18)12-10-16/h14-18H,4-13H2,1-3H3. The van der Waals surface area contributed by atoms with Crippen LogP contribution in [0.1, 0.15) is 78.6 Å². The Balaban J connectivity index is 2.02. The van der Waals surface area contributed by atoms with Crippen LogP contribution in [0.2, 0.25) is 0 Å². The van der Waals surface area contributed by atoms with E-state index in [4.69, 9.17) is 5.11 Å². The first-order chi connectivity index (χ1) is 8.61. The highest BCUT2D eigenvalue weighted by atomic mass is 16.3. The van der Waals surface area contributed by atoms with Crippen LogP contribution < -0.4 is 0 Å². The summed E-state index contributed by atoms with van der Waals surface area (Å²) in [4.78, 5) is 0. The van der Waals surface area contributed by atoms with E-state index in [1.807, 2.05) is 0 Å². The van der Waals surface area contributed by atoms with E-state index in [1.165, 1.54) is 57.8 Å². The van der Waals surface area contributed by atoms with Gasteiger partial charge in [-0.25, -0.2) is 0 Å². The summed E-state index contributed by atoms with van der Waals surface area (Å²) in [6.45, 7) is 7.49. The van der Waals surface area contributed by atoms with Gasteiger partial charge in [-0.05, 0) is 36.5 Å². The van der Waals surface area contributed by atoms with Gasteiger partial charge < -0.3 is 5.11 Å². The van der Waals surface area contributed by atoms with E-state index in [0.29, 0.717) is 12.5 Å². The number of rotatable bonds is 8. The fourth-order valence-corrected chi connectivity index (χ4v) is 3.24. The fraction of sp³-hybridized carbons (Fsp3) is 1.00. The zero-order valence-electron chi connectivity index (χ0n) is 12.8. The average Bonchev–Trinajstić information content (AvgIpc) is 2.36. The van der Waals surface area contributed by atoms with Crippen LogP contribution in [0, 0.1) is 23.7 Å². The minimum Gasteiger partial charge on any atom is -0.396 e. The third kappa shape index (κ3) is 6.78. The molecule has 0 bridgehead atoms. The first-order valence-corrected chi connectivity index (χ1v) is 8.22. The van der Waals surface area contributed by atoms with Gasteiger partial charge in [-0.1, -0.05) is 65.7 Å². The van der Waals surface area contributed by atoms with Crippen molar-refractivity contribution in [3.8, 4) is 0 Å². The van der Waals surface area contributed by atoms with Crippen LogP contribution in [0.5, 0.6) is 0 Å². The third-order valence-electron chi connectivity index (χ3n) is 4.77. The lowest BCUT2D eigenvalue weighted by atomic mass is 9.79. The molecular formula is C17H34O. The van der Waals surface area contributed by atoms with Crippen molar-refractivity contribution in [1.82, 2.24) is 0 Å². The predicted molar refractivity (Wildman–Crippen MR) is 79.6 cm³/mol. The van der Waals surface area contributed by atoms with Gasteiger partial charge in [-0.2, -0.15) is 0 Å². The van der Waals surface area contributed by atoms with E-state index in [9.17, 15) is 0 Å². The van der Waals surface area contributed by atoms with Crippen LogP contribution in [-0.4, -0.2) is 11.7 Å². The summed E-state index contributed by atoms with van der Waals surface area (Å²) in [6.07, 6.45) is 12.3. The topological polar surface area (TPSA) is 20.2 Å². The minimum atomic E-state index is 0.415. The molecule has 1 N–H and O–H groups in total. The van der Waals surface area contributed by atoms with Crippen LogP contribution in [-0.2, 0) is 0 Å². The number of hydrogen-bond acceptors (Lipinski definition) is 1. The van der Waals surface area contributed by atoms with Crippen LogP contribution in [0.15, 0.2) is 0 Å². The molecule has 1 fully saturated rings. The summed E-state index contributed by atoms with van der Waals surface area (Å²) in [5.41, 5.74) is 0. The van der Waals surface area contributed by atoms with Crippen LogP contribution in [0.4, 0.5) is 0 Å². The number of hydrogen-bond donors (Lipinski definition) is 1. The van der Waals surface area contributed by atoms with Crippen molar-refractivity contribution < 1.29 is 5.11 Å². The Morgan fingerprint density at radius 1 is 0.889 bits per heavy atom. The largest absolute Gasteiger partial charge is 0.396 e. The number of aliphatic hydroxyl groups excluding tert-OH is 1. The van der Waals surface area contributed by atoms with E-state index in [-0.39, 0.29) is 0 Å². The SMILES string of the molecule is CC(C)CCCC(C)CCC1CCC(CO)CC1. The summed E-state index contributed by atoms with van der Waals surface area (Å²) in [7, 11) is 0. The molecule has 0 saturated heterocycles. The Bertz CT molecular complexity index is 192. The molecule has 0 radical (unpaired) electrons. The Morgan fingerprint density at radius 3 is 2.06 bits per heavy atom. The van der Waals surface area contributed by atoms with E-state index in [0.717, 1.165) is 17.8 Å². The second-order valence-corrected chi connectivity index (χ2v) is 7.08. The van der Waals surface area contributed by atoms with Gasteiger partial charge in [0.1, 0.15) is 0 Å². The second kappa shape index (κ2) is 8.96. The maximum atomic E-state index is 9.14. The molecule has 1 atom stereocenters. The first-order valence-electron chi connectivity index (χ1n) is 8.22.